The molecule has 0 spiro atoms. The maximum absolute atomic E-state index is 13.4. The molecule has 3 N–H and O–H groups in total. The van der Waals surface area contributed by atoms with E-state index in [1.165, 1.54) is 48.9 Å². The first-order valence-corrected chi connectivity index (χ1v) is 14.7. The van der Waals surface area contributed by atoms with Gasteiger partial charge in [-0.1, -0.05) is 23.2 Å². The molecule has 1 atom stereocenters. The van der Waals surface area contributed by atoms with E-state index in [1.807, 2.05) is 0 Å². The SMILES string of the molecule is C[S+]([O-])c1ccc(C(=O)Nc2ccc(Cl)cc2C(=O)Nc2ccc(Cl)cn2)c(OCCCNC(=O)OC(C)(C)C)c1. The van der Waals surface area contributed by atoms with Crippen molar-refractivity contribution in [2.75, 3.05) is 30.0 Å². The van der Waals surface area contributed by atoms with Gasteiger partial charge in [-0.15, -0.1) is 0 Å². The zero-order valence-electron chi connectivity index (χ0n) is 22.9. The van der Waals surface area contributed by atoms with Crippen LogP contribution in [0.5, 0.6) is 5.75 Å². The predicted octanol–water partition coefficient (Wildman–Crippen LogP) is 5.92. The molecule has 0 radical (unpaired) electrons. The number of aromatic nitrogens is 1. The Kier molecular flexibility index (Phi) is 11.2. The van der Waals surface area contributed by atoms with Crippen LogP contribution in [-0.2, 0) is 15.9 Å². The Morgan fingerprint density at radius 1 is 0.951 bits per heavy atom. The molecule has 0 aliphatic rings. The third-order valence-corrected chi connectivity index (χ3v) is 6.60. The van der Waals surface area contributed by atoms with E-state index in [-0.39, 0.29) is 46.6 Å². The van der Waals surface area contributed by atoms with Crippen LogP contribution < -0.4 is 20.7 Å². The third kappa shape index (κ3) is 10.1. The van der Waals surface area contributed by atoms with Gasteiger partial charge in [0.2, 0.25) is 0 Å². The molecule has 2 aromatic carbocycles. The number of benzene rings is 2. The maximum atomic E-state index is 13.4. The van der Waals surface area contributed by atoms with E-state index in [4.69, 9.17) is 32.7 Å². The van der Waals surface area contributed by atoms with Crippen LogP contribution >= 0.6 is 23.2 Å². The Hall–Kier alpha value is -3.51. The number of carbonyl (C=O) groups is 3. The zero-order valence-corrected chi connectivity index (χ0v) is 25.2. The van der Waals surface area contributed by atoms with Crippen molar-refractivity contribution in [3.8, 4) is 5.75 Å². The van der Waals surface area contributed by atoms with Gasteiger partial charge < -0.3 is 30.0 Å². The fourth-order valence-corrected chi connectivity index (χ4v) is 4.20. The lowest BCUT2D eigenvalue weighted by Crippen LogP contribution is -2.33. The predicted molar refractivity (Wildman–Crippen MR) is 160 cm³/mol. The molecular weight excluding hydrogens is 591 g/mol. The number of amides is 3. The van der Waals surface area contributed by atoms with Crippen LogP contribution in [-0.4, -0.2) is 52.5 Å². The van der Waals surface area contributed by atoms with Gasteiger partial charge in [0, 0.05) is 23.8 Å². The highest BCUT2D eigenvalue weighted by Crippen LogP contribution is 2.27. The number of nitrogens with one attached hydrogen (secondary N) is 3. The first-order valence-electron chi connectivity index (χ1n) is 12.4. The van der Waals surface area contributed by atoms with Gasteiger partial charge in [0.05, 0.1) is 28.4 Å². The minimum absolute atomic E-state index is 0.101. The maximum Gasteiger partial charge on any atom is 0.407 e. The van der Waals surface area contributed by atoms with E-state index in [0.717, 1.165) is 0 Å². The summed E-state index contributed by atoms with van der Waals surface area (Å²) in [6.45, 7) is 5.73. The summed E-state index contributed by atoms with van der Waals surface area (Å²) >= 11 is 10.7. The van der Waals surface area contributed by atoms with E-state index in [9.17, 15) is 18.9 Å². The minimum atomic E-state index is -1.32. The van der Waals surface area contributed by atoms with Crippen molar-refractivity contribution in [1.29, 1.82) is 0 Å². The Morgan fingerprint density at radius 2 is 1.66 bits per heavy atom. The summed E-state index contributed by atoms with van der Waals surface area (Å²) < 4.78 is 23.1. The molecule has 0 bridgehead atoms. The van der Waals surface area contributed by atoms with E-state index in [0.29, 0.717) is 16.3 Å². The van der Waals surface area contributed by atoms with Crippen molar-refractivity contribution in [2.45, 2.75) is 37.7 Å². The van der Waals surface area contributed by atoms with Crippen LogP contribution in [0.2, 0.25) is 10.0 Å². The van der Waals surface area contributed by atoms with E-state index < -0.39 is 34.7 Å². The standard InChI is InChI=1S/C28H30Cl2N4O6S/c1-28(2,3)40-27(37)31-12-5-13-39-23-15-19(41(4)38)8-9-20(23)25(35)33-22-10-6-17(29)14-21(22)26(36)34-24-11-7-18(30)16-32-24/h6-11,14-16H,5,12-13H2,1-4H3,(H,31,37)(H,33,35)(H,32,34,36). The number of ether oxygens (including phenoxy) is 2. The van der Waals surface area contributed by atoms with Crippen molar-refractivity contribution in [1.82, 2.24) is 10.3 Å². The van der Waals surface area contributed by atoms with Crippen LogP contribution in [0.3, 0.4) is 0 Å². The van der Waals surface area contributed by atoms with Crippen LogP contribution in [0.15, 0.2) is 59.6 Å². The van der Waals surface area contributed by atoms with Crippen molar-refractivity contribution in [3.05, 3.63) is 75.9 Å². The van der Waals surface area contributed by atoms with Crippen LogP contribution in [0.1, 0.15) is 47.9 Å². The number of anilines is 2. The molecule has 0 fully saturated rings. The third-order valence-electron chi connectivity index (χ3n) is 5.22. The molecule has 0 aliphatic heterocycles. The van der Waals surface area contributed by atoms with Crippen molar-refractivity contribution in [2.24, 2.45) is 0 Å². The lowest BCUT2D eigenvalue weighted by atomic mass is 10.1. The average Bonchev–Trinajstić information content (AvgIpc) is 2.89. The number of alkyl carbamates (subject to hydrolysis) is 1. The fraction of sp³-hybridized carbons (Fsp3) is 0.286. The van der Waals surface area contributed by atoms with Gasteiger partial charge in [0.1, 0.15) is 23.4 Å². The lowest BCUT2D eigenvalue weighted by Gasteiger charge is -2.19. The monoisotopic (exact) mass is 620 g/mol. The van der Waals surface area contributed by atoms with Gasteiger partial charge in [-0.25, -0.2) is 9.78 Å². The van der Waals surface area contributed by atoms with Crippen molar-refractivity contribution in [3.63, 3.8) is 0 Å². The highest BCUT2D eigenvalue weighted by Gasteiger charge is 2.21. The van der Waals surface area contributed by atoms with Crippen LogP contribution in [0.4, 0.5) is 16.3 Å². The highest BCUT2D eigenvalue weighted by molar-refractivity contribution is 7.90. The fourth-order valence-electron chi connectivity index (χ4n) is 3.38. The molecule has 1 aromatic heterocycles. The summed E-state index contributed by atoms with van der Waals surface area (Å²) in [5.41, 5.74) is -0.165. The molecule has 13 heteroatoms. The number of nitrogens with zero attached hydrogens (tertiary/aromatic N) is 1. The molecule has 1 heterocycles. The summed E-state index contributed by atoms with van der Waals surface area (Å²) in [5.74, 6) is -0.668. The molecule has 1 unspecified atom stereocenters. The lowest BCUT2D eigenvalue weighted by molar-refractivity contribution is 0.0525. The van der Waals surface area contributed by atoms with Gasteiger partial charge in [0.25, 0.3) is 11.8 Å². The zero-order chi connectivity index (χ0) is 30.2. The summed E-state index contributed by atoms with van der Waals surface area (Å²) in [6, 6.07) is 12.1. The summed E-state index contributed by atoms with van der Waals surface area (Å²) in [5, 5.41) is 8.71. The molecule has 218 valence electrons. The van der Waals surface area contributed by atoms with Gasteiger partial charge in [0.15, 0.2) is 4.90 Å². The quantitative estimate of drug-likeness (QED) is 0.188. The normalized spacial score (nSPS) is 11.8. The number of hydrogen-bond donors (Lipinski definition) is 3. The summed E-state index contributed by atoms with van der Waals surface area (Å²) in [4.78, 5) is 42.7. The topological polar surface area (TPSA) is 142 Å². The van der Waals surface area contributed by atoms with E-state index >= 15 is 0 Å². The first kappa shape index (κ1) is 32.0. The largest absolute Gasteiger partial charge is 0.612 e. The van der Waals surface area contributed by atoms with Gasteiger partial charge in [-0.3, -0.25) is 9.59 Å². The van der Waals surface area contributed by atoms with Crippen molar-refractivity contribution >= 4 is 63.8 Å². The molecule has 10 nitrogen and oxygen atoms in total. The Balaban J connectivity index is 1.74. The average molecular weight is 622 g/mol. The molecule has 0 saturated carbocycles. The molecule has 3 amide bonds. The second-order valence-electron chi connectivity index (χ2n) is 9.70. The molecule has 3 rings (SSSR count). The van der Waals surface area contributed by atoms with E-state index in [1.54, 1.807) is 32.9 Å². The number of carbonyl (C=O) groups excluding carboxylic acids is 3. The Morgan fingerprint density at radius 3 is 2.32 bits per heavy atom. The second kappa shape index (κ2) is 14.4. The number of halogens is 2. The number of rotatable bonds is 10. The number of hydrogen-bond acceptors (Lipinski definition) is 7. The number of pyridine rings is 1. The molecular formula is C28H30Cl2N4O6S. The molecule has 3 aromatic rings. The molecule has 41 heavy (non-hydrogen) atoms. The summed E-state index contributed by atoms with van der Waals surface area (Å²) in [7, 11) is 0. The first-order chi connectivity index (χ1) is 19.3. The molecule has 0 aliphatic carbocycles. The Labute approximate surface area is 251 Å². The molecule has 0 saturated heterocycles. The van der Waals surface area contributed by atoms with Gasteiger partial charge in [-0.2, -0.15) is 0 Å². The summed E-state index contributed by atoms with van der Waals surface area (Å²) in [6.07, 6.45) is 2.77. The van der Waals surface area contributed by atoms with E-state index in [2.05, 4.69) is 20.9 Å². The smallest absolute Gasteiger partial charge is 0.407 e. The van der Waals surface area contributed by atoms with Crippen molar-refractivity contribution < 1.29 is 28.4 Å². The minimum Gasteiger partial charge on any atom is -0.612 e. The van der Waals surface area contributed by atoms with Gasteiger partial charge >= 0.3 is 6.09 Å². The van der Waals surface area contributed by atoms with Gasteiger partial charge in [-0.05, 0) is 80.8 Å². The second-order valence-corrected chi connectivity index (χ2v) is 12.0. The van der Waals surface area contributed by atoms with Crippen LogP contribution in [0.25, 0.3) is 0 Å². The Bertz CT molecular complexity index is 1400. The van der Waals surface area contributed by atoms with Crippen LogP contribution in [0, 0.1) is 0 Å². The highest BCUT2D eigenvalue weighted by atomic mass is 35.5.